The molecule has 0 unspecified atom stereocenters. The third-order valence-electron chi connectivity index (χ3n) is 5.29. The molecule has 1 fully saturated rings. The molecule has 1 N–H and O–H groups in total. The molecule has 0 saturated heterocycles. The standard InChI is InChI=1S/C19H23N5S/c1-24(2)19(9-4-5-10-19)13-21-16-14-8-12-25-18(14)23-17(22-16)15-7-3-6-11-20-15/h3,6-8,11-12H,4-5,9-10,13H2,1-2H3,(H,21,22,23). The van der Waals surface area contributed by atoms with E-state index in [2.05, 4.69) is 40.7 Å². The normalized spacial score (nSPS) is 16.6. The van der Waals surface area contributed by atoms with Gasteiger partial charge in [0.1, 0.15) is 16.3 Å². The zero-order chi connectivity index (χ0) is 17.3. The van der Waals surface area contributed by atoms with Crippen LogP contribution in [0.2, 0.25) is 0 Å². The number of nitrogens with zero attached hydrogens (tertiary/aromatic N) is 4. The average Bonchev–Trinajstić information content (AvgIpc) is 3.30. The summed E-state index contributed by atoms with van der Waals surface area (Å²) in [5.41, 5.74) is 1.03. The van der Waals surface area contributed by atoms with E-state index >= 15 is 0 Å². The van der Waals surface area contributed by atoms with Crippen molar-refractivity contribution in [2.45, 2.75) is 31.2 Å². The summed E-state index contributed by atoms with van der Waals surface area (Å²) in [4.78, 5) is 17.3. The van der Waals surface area contributed by atoms with E-state index < -0.39 is 0 Å². The average molecular weight is 353 g/mol. The smallest absolute Gasteiger partial charge is 0.181 e. The Morgan fingerprint density at radius 1 is 1.16 bits per heavy atom. The van der Waals surface area contributed by atoms with Crippen LogP contribution in [-0.4, -0.2) is 46.0 Å². The van der Waals surface area contributed by atoms with Crippen LogP contribution in [0.25, 0.3) is 21.7 Å². The zero-order valence-corrected chi connectivity index (χ0v) is 15.5. The van der Waals surface area contributed by atoms with Crippen molar-refractivity contribution in [3.05, 3.63) is 35.8 Å². The highest BCUT2D eigenvalue weighted by atomic mass is 32.1. The van der Waals surface area contributed by atoms with Crippen molar-refractivity contribution in [1.29, 1.82) is 0 Å². The van der Waals surface area contributed by atoms with E-state index in [1.165, 1.54) is 25.7 Å². The van der Waals surface area contributed by atoms with Gasteiger partial charge in [-0.2, -0.15) is 0 Å². The number of aromatic nitrogens is 3. The third-order valence-corrected chi connectivity index (χ3v) is 6.09. The van der Waals surface area contributed by atoms with Gasteiger partial charge >= 0.3 is 0 Å². The molecular formula is C19H23N5S. The topological polar surface area (TPSA) is 53.9 Å². The minimum absolute atomic E-state index is 0.221. The summed E-state index contributed by atoms with van der Waals surface area (Å²) in [6, 6.07) is 7.93. The highest BCUT2D eigenvalue weighted by Gasteiger charge is 2.35. The van der Waals surface area contributed by atoms with Gasteiger partial charge in [-0.15, -0.1) is 11.3 Å². The van der Waals surface area contributed by atoms with Crippen molar-refractivity contribution >= 4 is 27.4 Å². The van der Waals surface area contributed by atoms with Gasteiger partial charge in [-0.05, 0) is 50.5 Å². The summed E-state index contributed by atoms with van der Waals surface area (Å²) in [5.74, 6) is 1.60. The molecule has 1 aliphatic rings. The van der Waals surface area contributed by atoms with Crippen LogP contribution in [-0.2, 0) is 0 Å². The van der Waals surface area contributed by atoms with E-state index in [1.54, 1.807) is 17.5 Å². The van der Waals surface area contributed by atoms with E-state index in [9.17, 15) is 0 Å². The second kappa shape index (κ2) is 6.69. The Hall–Kier alpha value is -2.05. The maximum Gasteiger partial charge on any atom is 0.181 e. The van der Waals surface area contributed by atoms with E-state index in [-0.39, 0.29) is 5.54 Å². The van der Waals surface area contributed by atoms with Gasteiger partial charge in [0.05, 0.1) is 5.39 Å². The number of hydrogen-bond acceptors (Lipinski definition) is 6. The SMILES string of the molecule is CN(C)C1(CNc2nc(-c3ccccn3)nc3sccc23)CCCC1. The van der Waals surface area contributed by atoms with Crippen molar-refractivity contribution in [3.63, 3.8) is 0 Å². The van der Waals surface area contributed by atoms with Crippen molar-refractivity contribution in [3.8, 4) is 11.5 Å². The largest absolute Gasteiger partial charge is 0.368 e. The molecule has 3 aromatic rings. The molecular weight excluding hydrogens is 330 g/mol. The number of anilines is 1. The Kier molecular flexibility index (Phi) is 4.39. The fourth-order valence-corrected chi connectivity index (χ4v) is 4.43. The van der Waals surface area contributed by atoms with Gasteiger partial charge in [-0.1, -0.05) is 18.9 Å². The number of thiophene rings is 1. The molecule has 3 heterocycles. The van der Waals surface area contributed by atoms with E-state index in [1.807, 2.05) is 18.2 Å². The summed E-state index contributed by atoms with van der Waals surface area (Å²) in [6.45, 7) is 0.906. The maximum atomic E-state index is 4.80. The number of nitrogens with one attached hydrogen (secondary N) is 1. The van der Waals surface area contributed by atoms with Crippen LogP contribution in [0.1, 0.15) is 25.7 Å². The Labute approximate surface area is 152 Å². The summed E-state index contributed by atoms with van der Waals surface area (Å²) in [7, 11) is 4.37. The first-order chi connectivity index (χ1) is 12.2. The maximum absolute atomic E-state index is 4.80. The molecule has 0 radical (unpaired) electrons. The highest BCUT2D eigenvalue weighted by Crippen LogP contribution is 2.35. The number of likely N-dealkylation sites (N-methyl/N-ethyl adjacent to an activating group) is 1. The lowest BCUT2D eigenvalue weighted by molar-refractivity contribution is 0.172. The lowest BCUT2D eigenvalue weighted by atomic mass is 9.96. The number of pyridine rings is 1. The van der Waals surface area contributed by atoms with Crippen LogP contribution in [0.3, 0.4) is 0 Å². The van der Waals surface area contributed by atoms with Crippen LogP contribution >= 0.6 is 11.3 Å². The van der Waals surface area contributed by atoms with Crippen LogP contribution < -0.4 is 5.32 Å². The molecule has 25 heavy (non-hydrogen) atoms. The van der Waals surface area contributed by atoms with E-state index in [0.717, 1.165) is 28.3 Å². The molecule has 0 aliphatic heterocycles. The minimum Gasteiger partial charge on any atom is -0.368 e. The van der Waals surface area contributed by atoms with Gasteiger partial charge in [-0.25, -0.2) is 9.97 Å². The molecule has 0 amide bonds. The molecule has 130 valence electrons. The quantitative estimate of drug-likeness (QED) is 0.750. The third kappa shape index (κ3) is 3.12. The number of fused-ring (bicyclic) bond motifs is 1. The monoisotopic (exact) mass is 353 g/mol. The Bertz CT molecular complexity index is 853. The highest BCUT2D eigenvalue weighted by molar-refractivity contribution is 7.16. The predicted octanol–water partition coefficient (Wildman–Crippen LogP) is 4.04. The number of hydrogen-bond donors (Lipinski definition) is 1. The molecule has 1 aliphatic carbocycles. The van der Waals surface area contributed by atoms with Crippen molar-refractivity contribution in [2.75, 3.05) is 26.0 Å². The van der Waals surface area contributed by atoms with Gasteiger partial charge in [0, 0.05) is 18.3 Å². The number of rotatable bonds is 5. The molecule has 1 saturated carbocycles. The van der Waals surface area contributed by atoms with Gasteiger partial charge in [0.15, 0.2) is 5.82 Å². The molecule has 0 atom stereocenters. The zero-order valence-electron chi connectivity index (χ0n) is 14.7. The van der Waals surface area contributed by atoms with Crippen molar-refractivity contribution < 1.29 is 0 Å². The summed E-state index contributed by atoms with van der Waals surface area (Å²) >= 11 is 1.64. The molecule has 0 bridgehead atoms. The first kappa shape index (κ1) is 16.4. The van der Waals surface area contributed by atoms with Gasteiger partial charge in [0.25, 0.3) is 0 Å². The molecule has 3 aromatic heterocycles. The van der Waals surface area contributed by atoms with Crippen LogP contribution in [0.15, 0.2) is 35.8 Å². The fraction of sp³-hybridized carbons (Fsp3) is 0.421. The summed E-state index contributed by atoms with van der Waals surface area (Å²) < 4.78 is 0. The Morgan fingerprint density at radius 2 is 2.00 bits per heavy atom. The summed E-state index contributed by atoms with van der Waals surface area (Å²) in [6.07, 6.45) is 6.85. The van der Waals surface area contributed by atoms with Gasteiger partial charge in [0.2, 0.25) is 0 Å². The molecule has 4 rings (SSSR count). The van der Waals surface area contributed by atoms with Crippen LogP contribution in [0.5, 0.6) is 0 Å². The lowest BCUT2D eigenvalue weighted by Crippen LogP contribution is -2.47. The first-order valence-corrected chi connectivity index (χ1v) is 9.64. The molecule has 6 heteroatoms. The van der Waals surface area contributed by atoms with Crippen LogP contribution in [0.4, 0.5) is 5.82 Å². The lowest BCUT2D eigenvalue weighted by Gasteiger charge is -2.36. The van der Waals surface area contributed by atoms with E-state index in [4.69, 9.17) is 9.97 Å². The molecule has 0 aromatic carbocycles. The van der Waals surface area contributed by atoms with Gasteiger partial charge < -0.3 is 10.2 Å². The van der Waals surface area contributed by atoms with Crippen molar-refractivity contribution in [2.24, 2.45) is 0 Å². The Morgan fingerprint density at radius 3 is 2.72 bits per heavy atom. The van der Waals surface area contributed by atoms with E-state index in [0.29, 0.717) is 5.82 Å². The second-order valence-electron chi connectivity index (χ2n) is 6.93. The summed E-state index contributed by atoms with van der Waals surface area (Å²) in [5, 5.41) is 6.80. The van der Waals surface area contributed by atoms with Crippen LogP contribution in [0, 0.1) is 0 Å². The molecule has 0 spiro atoms. The Balaban J connectivity index is 1.68. The minimum atomic E-state index is 0.221. The first-order valence-electron chi connectivity index (χ1n) is 8.76. The predicted molar refractivity (Wildman–Crippen MR) is 104 cm³/mol. The van der Waals surface area contributed by atoms with Crippen molar-refractivity contribution in [1.82, 2.24) is 19.9 Å². The fourth-order valence-electron chi connectivity index (χ4n) is 3.66. The second-order valence-corrected chi connectivity index (χ2v) is 7.82. The van der Waals surface area contributed by atoms with Gasteiger partial charge in [-0.3, -0.25) is 4.98 Å². The molecule has 5 nitrogen and oxygen atoms in total.